The van der Waals surface area contributed by atoms with Gasteiger partial charge in [-0.1, -0.05) is 6.92 Å². The molecule has 0 aromatic rings. The number of rotatable bonds is 1. The maximum absolute atomic E-state index is 11.2. The van der Waals surface area contributed by atoms with Crippen molar-refractivity contribution < 1.29 is 9.53 Å². The quantitative estimate of drug-likeness (QED) is 0.532. The van der Waals surface area contributed by atoms with Crippen molar-refractivity contribution in [3.8, 4) is 0 Å². The zero-order valence-electron chi connectivity index (χ0n) is 7.00. The number of carbonyl (C=O) groups excluding carboxylic acids is 1. The van der Waals surface area contributed by atoms with Crippen molar-refractivity contribution in [2.45, 2.75) is 19.4 Å². The van der Waals surface area contributed by atoms with Gasteiger partial charge in [0, 0.05) is 5.92 Å². The lowest BCUT2D eigenvalue weighted by atomic mass is 9.89. The second kappa shape index (κ2) is 2.60. The molecule has 1 aliphatic rings. The van der Waals surface area contributed by atoms with E-state index < -0.39 is 5.54 Å². The van der Waals surface area contributed by atoms with Crippen LogP contribution in [0.4, 0.5) is 0 Å². The topological polar surface area (TPSA) is 51.0 Å². The van der Waals surface area contributed by atoms with Crippen molar-refractivity contribution in [2.24, 2.45) is 16.1 Å². The highest BCUT2D eigenvalue weighted by atomic mass is 16.5. The molecule has 0 aliphatic carbocycles. The molecule has 0 saturated heterocycles. The lowest BCUT2D eigenvalue weighted by molar-refractivity contribution is -0.147. The Labute approximate surface area is 65.6 Å². The van der Waals surface area contributed by atoms with Gasteiger partial charge in [-0.2, -0.15) is 10.2 Å². The molecule has 62 valence electrons. The van der Waals surface area contributed by atoms with E-state index in [-0.39, 0.29) is 11.9 Å². The van der Waals surface area contributed by atoms with Gasteiger partial charge in [0.05, 0.1) is 13.7 Å². The maximum atomic E-state index is 11.2. The Kier molecular flexibility index (Phi) is 1.93. The van der Waals surface area contributed by atoms with Gasteiger partial charge in [-0.05, 0) is 6.92 Å². The summed E-state index contributed by atoms with van der Waals surface area (Å²) in [4.78, 5) is 11.2. The van der Waals surface area contributed by atoms with Gasteiger partial charge < -0.3 is 4.74 Å². The molecule has 2 atom stereocenters. The third-order valence-electron chi connectivity index (χ3n) is 2.19. The summed E-state index contributed by atoms with van der Waals surface area (Å²) in [6.45, 7) is 4.31. The predicted molar refractivity (Wildman–Crippen MR) is 39.3 cm³/mol. The van der Waals surface area contributed by atoms with Crippen LogP contribution in [-0.2, 0) is 9.53 Å². The monoisotopic (exact) mass is 156 g/mol. The fourth-order valence-electron chi connectivity index (χ4n) is 1.04. The maximum Gasteiger partial charge on any atom is 0.335 e. The Morgan fingerprint density at radius 1 is 1.73 bits per heavy atom. The molecule has 0 saturated carbocycles. The fraction of sp³-hybridized carbons (Fsp3) is 0.857. The van der Waals surface area contributed by atoms with Gasteiger partial charge in [0.2, 0.25) is 0 Å². The van der Waals surface area contributed by atoms with Gasteiger partial charge in [0.1, 0.15) is 0 Å². The fourth-order valence-corrected chi connectivity index (χ4v) is 1.04. The Morgan fingerprint density at radius 2 is 2.36 bits per heavy atom. The molecule has 0 aromatic heterocycles. The standard InChI is InChI=1S/C7H12N2O2/c1-5-4-8-9-7(5,2)6(10)11-3/h5H,4H2,1-3H3/t5-,7-/m1/s1. The van der Waals surface area contributed by atoms with Gasteiger partial charge in [0.15, 0.2) is 5.54 Å². The number of carbonyl (C=O) groups is 1. The molecule has 0 amide bonds. The molecule has 4 heteroatoms. The van der Waals surface area contributed by atoms with E-state index in [1.54, 1.807) is 6.92 Å². The molecule has 1 aliphatic heterocycles. The molecule has 0 N–H and O–H groups in total. The summed E-state index contributed by atoms with van der Waals surface area (Å²) in [6.07, 6.45) is 0. The van der Waals surface area contributed by atoms with E-state index in [9.17, 15) is 4.79 Å². The van der Waals surface area contributed by atoms with Gasteiger partial charge in [-0.15, -0.1) is 0 Å². The first kappa shape index (κ1) is 8.17. The first-order chi connectivity index (χ1) is 5.11. The third-order valence-corrected chi connectivity index (χ3v) is 2.19. The molecule has 0 radical (unpaired) electrons. The number of hydrogen-bond donors (Lipinski definition) is 0. The van der Waals surface area contributed by atoms with Crippen LogP contribution in [0.5, 0.6) is 0 Å². The highest BCUT2D eigenvalue weighted by Gasteiger charge is 2.43. The molecule has 1 heterocycles. The highest BCUT2D eigenvalue weighted by molar-refractivity contribution is 5.81. The summed E-state index contributed by atoms with van der Waals surface area (Å²) >= 11 is 0. The minimum Gasteiger partial charge on any atom is -0.467 e. The van der Waals surface area contributed by atoms with Crippen LogP contribution in [0.25, 0.3) is 0 Å². The van der Waals surface area contributed by atoms with Crippen LogP contribution < -0.4 is 0 Å². The molecule has 4 nitrogen and oxygen atoms in total. The van der Waals surface area contributed by atoms with E-state index in [4.69, 9.17) is 0 Å². The van der Waals surface area contributed by atoms with Crippen LogP contribution in [0.15, 0.2) is 10.2 Å². The summed E-state index contributed by atoms with van der Waals surface area (Å²) in [7, 11) is 1.37. The van der Waals surface area contributed by atoms with E-state index in [1.807, 2.05) is 6.92 Å². The van der Waals surface area contributed by atoms with E-state index in [0.29, 0.717) is 6.54 Å². The van der Waals surface area contributed by atoms with Crippen LogP contribution in [0.1, 0.15) is 13.8 Å². The molecular weight excluding hydrogens is 144 g/mol. The first-order valence-electron chi connectivity index (χ1n) is 3.58. The summed E-state index contributed by atoms with van der Waals surface area (Å²) in [6, 6.07) is 0. The van der Waals surface area contributed by atoms with Crippen molar-refractivity contribution in [3.05, 3.63) is 0 Å². The number of methoxy groups -OCH3 is 1. The number of nitrogens with zero attached hydrogens (tertiary/aromatic N) is 2. The summed E-state index contributed by atoms with van der Waals surface area (Å²) in [5.41, 5.74) is -0.741. The number of esters is 1. The average Bonchev–Trinajstić information content (AvgIpc) is 2.32. The first-order valence-corrected chi connectivity index (χ1v) is 3.58. The molecular formula is C7H12N2O2. The largest absolute Gasteiger partial charge is 0.467 e. The summed E-state index contributed by atoms with van der Waals surface area (Å²) < 4.78 is 4.61. The lowest BCUT2D eigenvalue weighted by Crippen LogP contribution is -2.38. The number of azo groups is 1. The average molecular weight is 156 g/mol. The lowest BCUT2D eigenvalue weighted by Gasteiger charge is -2.20. The van der Waals surface area contributed by atoms with Crippen LogP contribution in [0.2, 0.25) is 0 Å². The van der Waals surface area contributed by atoms with Crippen LogP contribution in [-0.4, -0.2) is 25.2 Å². The summed E-state index contributed by atoms with van der Waals surface area (Å²) in [5.74, 6) is -0.152. The Morgan fingerprint density at radius 3 is 2.73 bits per heavy atom. The molecule has 0 bridgehead atoms. The Hall–Kier alpha value is -0.930. The van der Waals surface area contributed by atoms with Crippen LogP contribution in [0.3, 0.4) is 0 Å². The second-order valence-electron chi connectivity index (χ2n) is 2.96. The van der Waals surface area contributed by atoms with Crippen molar-refractivity contribution in [3.63, 3.8) is 0 Å². The predicted octanol–water partition coefficient (Wildman–Crippen LogP) is 1.02. The van der Waals surface area contributed by atoms with Crippen molar-refractivity contribution in [1.82, 2.24) is 0 Å². The minimum absolute atomic E-state index is 0.148. The zero-order valence-corrected chi connectivity index (χ0v) is 7.00. The van der Waals surface area contributed by atoms with Gasteiger partial charge in [0.25, 0.3) is 0 Å². The molecule has 11 heavy (non-hydrogen) atoms. The van der Waals surface area contributed by atoms with E-state index in [0.717, 1.165) is 0 Å². The van der Waals surface area contributed by atoms with Crippen LogP contribution >= 0.6 is 0 Å². The second-order valence-corrected chi connectivity index (χ2v) is 2.96. The van der Waals surface area contributed by atoms with Crippen LogP contribution in [0, 0.1) is 5.92 Å². The molecule has 1 rings (SSSR count). The van der Waals surface area contributed by atoms with E-state index in [2.05, 4.69) is 15.0 Å². The molecule has 0 fully saturated rings. The van der Waals surface area contributed by atoms with Gasteiger partial charge >= 0.3 is 5.97 Å². The Bertz CT molecular complexity index is 203. The van der Waals surface area contributed by atoms with E-state index in [1.165, 1.54) is 7.11 Å². The van der Waals surface area contributed by atoms with E-state index >= 15 is 0 Å². The molecule has 0 spiro atoms. The van der Waals surface area contributed by atoms with Crippen molar-refractivity contribution >= 4 is 5.97 Å². The van der Waals surface area contributed by atoms with Gasteiger partial charge in [-0.25, -0.2) is 4.79 Å². The van der Waals surface area contributed by atoms with Crippen molar-refractivity contribution in [1.29, 1.82) is 0 Å². The van der Waals surface area contributed by atoms with Gasteiger partial charge in [-0.3, -0.25) is 0 Å². The normalized spacial score (nSPS) is 35.7. The SMILES string of the molecule is COC(=O)[C@]1(C)N=NC[C@H]1C. The third kappa shape index (κ3) is 1.13. The Balaban J connectivity index is 2.80. The number of hydrogen-bond acceptors (Lipinski definition) is 4. The van der Waals surface area contributed by atoms with Crippen molar-refractivity contribution in [2.75, 3.05) is 13.7 Å². The molecule has 0 aromatic carbocycles. The smallest absolute Gasteiger partial charge is 0.335 e. The zero-order chi connectivity index (χ0) is 8.48. The summed E-state index contributed by atoms with van der Waals surface area (Å²) in [5, 5.41) is 7.68. The minimum atomic E-state index is -0.741. The molecule has 0 unspecified atom stereocenters. The number of ether oxygens (including phenoxy) is 1. The highest BCUT2D eigenvalue weighted by Crippen LogP contribution is 2.29.